The summed E-state index contributed by atoms with van der Waals surface area (Å²) in [5.41, 5.74) is 1.40. The first-order chi connectivity index (χ1) is 9.25. The molecule has 0 spiro atoms. The molecule has 0 aromatic carbocycles. The van der Waals surface area contributed by atoms with E-state index in [1.807, 2.05) is 6.07 Å². The summed E-state index contributed by atoms with van der Waals surface area (Å²) in [7, 11) is 0. The van der Waals surface area contributed by atoms with E-state index < -0.39 is 5.82 Å². The number of halogens is 1. The molecule has 0 aliphatic heterocycles. The van der Waals surface area contributed by atoms with Gasteiger partial charge in [-0.1, -0.05) is 6.42 Å². The zero-order valence-corrected chi connectivity index (χ0v) is 11.3. The van der Waals surface area contributed by atoms with Crippen LogP contribution in [0.1, 0.15) is 44.9 Å². The molecule has 2 aromatic rings. The Morgan fingerprint density at radius 2 is 2.11 bits per heavy atom. The lowest BCUT2D eigenvalue weighted by Crippen LogP contribution is -2.02. The van der Waals surface area contributed by atoms with Crippen LogP contribution >= 0.6 is 11.3 Å². The largest absolute Gasteiger partial charge is 0.288 e. The molecule has 0 radical (unpaired) electrons. The van der Waals surface area contributed by atoms with E-state index in [2.05, 4.69) is 4.98 Å². The van der Waals surface area contributed by atoms with Crippen LogP contribution in [-0.2, 0) is 12.8 Å². The Kier molecular flexibility index (Phi) is 3.42. The molecule has 2 nitrogen and oxygen atoms in total. The Bertz CT molecular complexity index is 597. The van der Waals surface area contributed by atoms with Gasteiger partial charge in [-0.05, 0) is 43.4 Å². The first kappa shape index (κ1) is 12.5. The first-order valence-corrected chi connectivity index (χ1v) is 7.33. The van der Waals surface area contributed by atoms with E-state index in [1.54, 1.807) is 0 Å². The van der Waals surface area contributed by atoms with Crippen LogP contribution < -0.4 is 0 Å². The van der Waals surface area contributed by atoms with Crippen molar-refractivity contribution in [2.24, 2.45) is 0 Å². The number of ketones is 1. The molecule has 2 aromatic heterocycles. The number of hydrogen-bond acceptors (Lipinski definition) is 3. The Labute approximate surface area is 115 Å². The summed E-state index contributed by atoms with van der Waals surface area (Å²) >= 11 is 1.52. The number of carbonyl (C=O) groups is 1. The Morgan fingerprint density at radius 3 is 2.95 bits per heavy atom. The second-order valence-corrected chi connectivity index (χ2v) is 5.94. The van der Waals surface area contributed by atoms with Crippen LogP contribution in [0.4, 0.5) is 4.39 Å². The molecule has 3 rings (SSSR count). The zero-order valence-electron chi connectivity index (χ0n) is 10.5. The molecule has 0 amide bonds. The van der Waals surface area contributed by atoms with Crippen molar-refractivity contribution in [1.29, 1.82) is 0 Å². The third-order valence-electron chi connectivity index (χ3n) is 3.49. The average molecular weight is 275 g/mol. The quantitative estimate of drug-likeness (QED) is 0.616. The van der Waals surface area contributed by atoms with Crippen LogP contribution in [0.25, 0.3) is 0 Å². The predicted octanol–water partition coefficient (Wildman–Crippen LogP) is 3.78. The van der Waals surface area contributed by atoms with E-state index >= 15 is 0 Å². The molecule has 2 heterocycles. The van der Waals surface area contributed by atoms with Gasteiger partial charge in [-0.3, -0.25) is 9.78 Å². The second kappa shape index (κ2) is 5.21. The lowest BCUT2D eigenvalue weighted by atomic mass is 10.1. The van der Waals surface area contributed by atoms with Crippen LogP contribution in [-0.4, -0.2) is 10.8 Å². The van der Waals surface area contributed by atoms with E-state index in [9.17, 15) is 9.18 Å². The molecule has 4 heteroatoms. The van der Waals surface area contributed by atoms with E-state index in [1.165, 1.54) is 53.3 Å². The number of carbonyl (C=O) groups excluding carboxylic acids is 1. The van der Waals surface area contributed by atoms with Gasteiger partial charge in [-0.25, -0.2) is 4.39 Å². The van der Waals surface area contributed by atoms with Crippen molar-refractivity contribution < 1.29 is 9.18 Å². The summed E-state index contributed by atoms with van der Waals surface area (Å²) in [6.45, 7) is 0. The molecule has 0 saturated heterocycles. The second-order valence-electron chi connectivity index (χ2n) is 4.80. The Balaban J connectivity index is 1.95. The van der Waals surface area contributed by atoms with E-state index in [0.29, 0.717) is 4.88 Å². The maximum absolute atomic E-state index is 13.6. The van der Waals surface area contributed by atoms with Crippen molar-refractivity contribution in [3.8, 4) is 0 Å². The van der Waals surface area contributed by atoms with Gasteiger partial charge in [0.25, 0.3) is 0 Å². The van der Waals surface area contributed by atoms with Gasteiger partial charge in [0.15, 0.2) is 5.82 Å². The molecule has 0 atom stereocenters. The highest BCUT2D eigenvalue weighted by atomic mass is 32.1. The fourth-order valence-corrected chi connectivity index (χ4v) is 3.68. The van der Waals surface area contributed by atoms with Crippen molar-refractivity contribution >= 4 is 17.1 Å². The van der Waals surface area contributed by atoms with Gasteiger partial charge in [0.1, 0.15) is 0 Å². The number of aryl methyl sites for hydroxylation is 2. The number of fused-ring (bicyclic) bond motifs is 1. The van der Waals surface area contributed by atoms with Crippen molar-refractivity contribution in [3.05, 3.63) is 51.2 Å². The molecule has 1 aliphatic carbocycles. The number of thiophene rings is 1. The maximum atomic E-state index is 13.6. The van der Waals surface area contributed by atoms with Crippen molar-refractivity contribution in [3.63, 3.8) is 0 Å². The molecular weight excluding hydrogens is 261 g/mol. The summed E-state index contributed by atoms with van der Waals surface area (Å²) in [6.07, 6.45) is 8.25. The van der Waals surface area contributed by atoms with E-state index in [4.69, 9.17) is 0 Å². The average Bonchev–Trinajstić information content (AvgIpc) is 2.70. The number of aromatic nitrogens is 1. The summed E-state index contributed by atoms with van der Waals surface area (Å²) in [4.78, 5) is 17.9. The van der Waals surface area contributed by atoms with Gasteiger partial charge >= 0.3 is 0 Å². The van der Waals surface area contributed by atoms with Gasteiger partial charge in [0.2, 0.25) is 5.78 Å². The lowest BCUT2D eigenvalue weighted by Gasteiger charge is -1.99. The number of hydrogen-bond donors (Lipinski definition) is 0. The van der Waals surface area contributed by atoms with Crippen LogP contribution in [0.3, 0.4) is 0 Å². The standard InChI is InChI=1S/C15H14FNOS/c16-12-9-17-7-6-11(12)15(18)14-8-10-4-2-1-3-5-13(10)19-14/h6-9H,1-5H2. The summed E-state index contributed by atoms with van der Waals surface area (Å²) in [6, 6.07) is 3.40. The fourth-order valence-electron chi connectivity index (χ4n) is 2.47. The minimum atomic E-state index is -0.545. The maximum Gasteiger partial charge on any atom is 0.206 e. The van der Waals surface area contributed by atoms with Gasteiger partial charge < -0.3 is 0 Å². The molecule has 98 valence electrons. The number of nitrogens with zero attached hydrogens (tertiary/aromatic N) is 1. The minimum Gasteiger partial charge on any atom is -0.288 e. The molecular formula is C15H14FNOS. The summed E-state index contributed by atoms with van der Waals surface area (Å²) < 4.78 is 13.6. The third-order valence-corrected chi connectivity index (χ3v) is 4.72. The topological polar surface area (TPSA) is 30.0 Å². The Morgan fingerprint density at radius 1 is 1.26 bits per heavy atom. The van der Waals surface area contributed by atoms with Crippen LogP contribution in [0.2, 0.25) is 0 Å². The molecule has 0 fully saturated rings. The molecule has 0 unspecified atom stereocenters. The monoisotopic (exact) mass is 275 g/mol. The lowest BCUT2D eigenvalue weighted by molar-refractivity contribution is 0.103. The Hall–Kier alpha value is -1.55. The van der Waals surface area contributed by atoms with Crippen LogP contribution in [0.15, 0.2) is 24.5 Å². The summed E-state index contributed by atoms with van der Waals surface area (Å²) in [5.74, 6) is -0.769. The van der Waals surface area contributed by atoms with Gasteiger partial charge in [0, 0.05) is 11.1 Å². The number of pyridine rings is 1. The van der Waals surface area contributed by atoms with E-state index in [-0.39, 0.29) is 11.3 Å². The first-order valence-electron chi connectivity index (χ1n) is 6.51. The smallest absolute Gasteiger partial charge is 0.206 e. The zero-order chi connectivity index (χ0) is 13.2. The highest BCUT2D eigenvalue weighted by Gasteiger charge is 2.19. The van der Waals surface area contributed by atoms with Gasteiger partial charge in [0.05, 0.1) is 16.6 Å². The SMILES string of the molecule is O=C(c1cc2c(s1)CCCCC2)c1ccncc1F. The molecule has 0 saturated carbocycles. The van der Waals surface area contributed by atoms with Crippen molar-refractivity contribution in [2.75, 3.05) is 0 Å². The third kappa shape index (κ3) is 2.45. The van der Waals surface area contributed by atoms with Crippen molar-refractivity contribution in [1.82, 2.24) is 4.98 Å². The van der Waals surface area contributed by atoms with Crippen LogP contribution in [0, 0.1) is 5.82 Å². The van der Waals surface area contributed by atoms with E-state index in [0.717, 1.165) is 19.0 Å². The predicted molar refractivity (Wildman–Crippen MR) is 73.2 cm³/mol. The highest BCUT2D eigenvalue weighted by molar-refractivity contribution is 7.14. The molecule has 0 N–H and O–H groups in total. The van der Waals surface area contributed by atoms with Crippen LogP contribution in [0.5, 0.6) is 0 Å². The van der Waals surface area contributed by atoms with Crippen molar-refractivity contribution in [2.45, 2.75) is 32.1 Å². The van der Waals surface area contributed by atoms with Gasteiger partial charge in [-0.2, -0.15) is 0 Å². The summed E-state index contributed by atoms with van der Waals surface area (Å²) in [5, 5.41) is 0. The van der Waals surface area contributed by atoms with Gasteiger partial charge in [-0.15, -0.1) is 11.3 Å². The molecule has 0 bridgehead atoms. The molecule has 19 heavy (non-hydrogen) atoms. The number of rotatable bonds is 2. The highest BCUT2D eigenvalue weighted by Crippen LogP contribution is 2.30. The normalized spacial score (nSPS) is 14.8. The molecule has 1 aliphatic rings. The fraction of sp³-hybridized carbons (Fsp3) is 0.333. The minimum absolute atomic E-state index is 0.117.